The minimum atomic E-state index is 0.592. The van der Waals surface area contributed by atoms with E-state index in [-0.39, 0.29) is 0 Å². The fourth-order valence-corrected chi connectivity index (χ4v) is 6.32. The molecule has 0 spiro atoms. The quantitative estimate of drug-likeness (QED) is 0.519. The number of nitrogens with one attached hydrogen (secondary N) is 1. The molecule has 4 heteroatoms. The Morgan fingerprint density at radius 3 is 2.55 bits per heavy atom. The predicted molar refractivity (Wildman–Crippen MR) is 96.7 cm³/mol. The van der Waals surface area contributed by atoms with E-state index in [1.54, 1.807) is 11.3 Å². The van der Waals surface area contributed by atoms with Gasteiger partial charge in [0.1, 0.15) is 0 Å². The van der Waals surface area contributed by atoms with E-state index in [1.165, 1.54) is 71.0 Å². The van der Waals surface area contributed by atoms with Crippen LogP contribution in [0, 0.1) is 5.41 Å². The van der Waals surface area contributed by atoms with Gasteiger partial charge in [-0.25, -0.2) is 0 Å². The smallest absolute Gasteiger partial charge is 0.0742 e. The first-order valence-corrected chi connectivity index (χ1v) is 10.2. The summed E-state index contributed by atoms with van der Waals surface area (Å²) in [5.41, 5.74) is 2.07. The maximum Gasteiger partial charge on any atom is 0.0742 e. The van der Waals surface area contributed by atoms with Crippen molar-refractivity contribution in [3.05, 3.63) is 19.2 Å². The molecule has 0 saturated heterocycles. The van der Waals surface area contributed by atoms with Crippen molar-refractivity contribution in [2.24, 2.45) is 5.41 Å². The van der Waals surface area contributed by atoms with Crippen molar-refractivity contribution >= 4 is 43.2 Å². The summed E-state index contributed by atoms with van der Waals surface area (Å²) in [5, 5.41) is 3.52. The fraction of sp³-hybridized carbons (Fsp3) is 0.750. The zero-order chi connectivity index (χ0) is 14.4. The number of halogens is 2. The van der Waals surface area contributed by atoms with Crippen molar-refractivity contribution in [3.8, 4) is 0 Å². The third kappa shape index (κ3) is 4.82. The molecule has 1 saturated carbocycles. The highest BCUT2D eigenvalue weighted by molar-refractivity contribution is 9.12. The van der Waals surface area contributed by atoms with Gasteiger partial charge in [0.2, 0.25) is 0 Å². The number of thiophene rings is 1. The number of hydrogen-bond donors (Lipinski definition) is 1. The lowest BCUT2D eigenvalue weighted by Crippen LogP contribution is -2.29. The van der Waals surface area contributed by atoms with Gasteiger partial charge in [-0.15, -0.1) is 11.3 Å². The molecule has 1 nitrogen and oxygen atoms in total. The predicted octanol–water partition coefficient (Wildman–Crippen LogP) is 6.16. The average molecular weight is 423 g/mol. The Morgan fingerprint density at radius 2 is 1.95 bits per heavy atom. The van der Waals surface area contributed by atoms with Crippen LogP contribution in [0.2, 0.25) is 0 Å². The summed E-state index contributed by atoms with van der Waals surface area (Å²) in [6, 6.07) is 2.29. The van der Waals surface area contributed by atoms with Gasteiger partial charge < -0.3 is 5.32 Å². The average Bonchev–Trinajstić information content (AvgIpc) is 2.76. The second-order valence-electron chi connectivity index (χ2n) is 6.01. The van der Waals surface area contributed by atoms with Crippen LogP contribution in [0.4, 0.5) is 0 Å². The molecule has 1 heterocycles. The van der Waals surface area contributed by atoms with Gasteiger partial charge in [0, 0.05) is 0 Å². The molecule has 0 bridgehead atoms. The van der Waals surface area contributed by atoms with E-state index in [0.717, 1.165) is 6.54 Å². The van der Waals surface area contributed by atoms with Gasteiger partial charge in [-0.2, -0.15) is 0 Å². The molecule has 0 aromatic carbocycles. The van der Waals surface area contributed by atoms with Crippen molar-refractivity contribution in [1.82, 2.24) is 5.32 Å². The lowest BCUT2D eigenvalue weighted by atomic mass is 9.68. The largest absolute Gasteiger partial charge is 0.317 e. The highest BCUT2D eigenvalue weighted by atomic mass is 79.9. The molecule has 20 heavy (non-hydrogen) atoms. The van der Waals surface area contributed by atoms with Crippen LogP contribution in [-0.4, -0.2) is 13.1 Å². The highest BCUT2D eigenvalue weighted by Gasteiger charge is 2.31. The lowest BCUT2D eigenvalue weighted by molar-refractivity contribution is 0.157. The van der Waals surface area contributed by atoms with E-state index in [9.17, 15) is 0 Å². The lowest BCUT2D eigenvalue weighted by Gasteiger charge is -2.38. The summed E-state index contributed by atoms with van der Waals surface area (Å²) in [5.74, 6) is 0. The molecule has 2 rings (SSSR count). The van der Waals surface area contributed by atoms with Gasteiger partial charge in [0.05, 0.1) is 7.57 Å². The molecule has 0 amide bonds. The van der Waals surface area contributed by atoms with Crippen LogP contribution >= 0.6 is 43.2 Å². The zero-order valence-electron chi connectivity index (χ0n) is 12.3. The second kappa shape index (κ2) is 8.30. The molecule has 114 valence electrons. The van der Waals surface area contributed by atoms with Gasteiger partial charge in [0.25, 0.3) is 0 Å². The third-order valence-electron chi connectivity index (χ3n) is 4.65. The Bertz CT molecular complexity index is 411. The van der Waals surface area contributed by atoms with Crippen molar-refractivity contribution in [1.29, 1.82) is 0 Å². The van der Waals surface area contributed by atoms with Gasteiger partial charge in [-0.1, -0.05) is 26.2 Å². The van der Waals surface area contributed by atoms with Crippen LogP contribution in [0.1, 0.15) is 57.4 Å². The van der Waals surface area contributed by atoms with E-state index in [4.69, 9.17) is 0 Å². The molecule has 0 unspecified atom stereocenters. The highest BCUT2D eigenvalue weighted by Crippen LogP contribution is 2.44. The molecule has 1 N–H and O–H groups in total. The SMILES string of the molecule is CCNCCC1(CCc2cc(Br)sc2Br)CCCCC1. The topological polar surface area (TPSA) is 12.0 Å². The molecule has 0 radical (unpaired) electrons. The number of hydrogen-bond acceptors (Lipinski definition) is 2. The maximum atomic E-state index is 3.70. The van der Waals surface area contributed by atoms with Crippen LogP contribution in [0.15, 0.2) is 13.6 Å². The summed E-state index contributed by atoms with van der Waals surface area (Å²) in [6.45, 7) is 4.48. The molecule has 0 atom stereocenters. The van der Waals surface area contributed by atoms with Gasteiger partial charge >= 0.3 is 0 Å². The molecular weight excluding hydrogens is 398 g/mol. The molecule has 1 fully saturated rings. The second-order valence-corrected chi connectivity index (χ2v) is 9.76. The van der Waals surface area contributed by atoms with Crippen LogP contribution in [-0.2, 0) is 6.42 Å². The summed E-state index contributed by atoms with van der Waals surface area (Å²) in [4.78, 5) is 0. The minimum Gasteiger partial charge on any atom is -0.317 e. The minimum absolute atomic E-state index is 0.592. The van der Waals surface area contributed by atoms with Crippen LogP contribution in [0.5, 0.6) is 0 Å². The number of aryl methyl sites for hydroxylation is 1. The fourth-order valence-electron chi connectivity index (χ4n) is 3.40. The van der Waals surface area contributed by atoms with Gasteiger partial charge in [-0.3, -0.25) is 0 Å². The van der Waals surface area contributed by atoms with E-state index in [2.05, 4.69) is 50.2 Å². The van der Waals surface area contributed by atoms with E-state index in [1.807, 2.05) is 0 Å². The first kappa shape index (κ1) is 17.0. The van der Waals surface area contributed by atoms with E-state index >= 15 is 0 Å². The van der Waals surface area contributed by atoms with Gasteiger partial charge in [0.15, 0.2) is 0 Å². The monoisotopic (exact) mass is 421 g/mol. The summed E-state index contributed by atoms with van der Waals surface area (Å²) in [6.07, 6.45) is 11.1. The Kier molecular flexibility index (Phi) is 7.05. The summed E-state index contributed by atoms with van der Waals surface area (Å²) >= 11 is 9.09. The van der Waals surface area contributed by atoms with E-state index in [0.29, 0.717) is 5.41 Å². The van der Waals surface area contributed by atoms with Crippen LogP contribution < -0.4 is 5.32 Å². The molecular formula is C16H25Br2NS. The van der Waals surface area contributed by atoms with Crippen LogP contribution in [0.3, 0.4) is 0 Å². The normalized spacial score (nSPS) is 18.4. The zero-order valence-corrected chi connectivity index (χ0v) is 16.3. The standard InChI is InChI=1S/C16H25Br2NS/c1-2-19-11-10-16(7-4-3-5-8-16)9-6-13-12-14(17)20-15(13)18/h12,19H,2-11H2,1H3. The first-order chi connectivity index (χ1) is 9.65. The molecule has 0 aliphatic heterocycles. The molecule has 1 aliphatic rings. The molecule has 1 aromatic heterocycles. The van der Waals surface area contributed by atoms with Crippen molar-refractivity contribution in [2.75, 3.05) is 13.1 Å². The Labute approximate surface area is 144 Å². The molecule has 1 aromatic rings. The third-order valence-corrected chi connectivity index (χ3v) is 7.11. The van der Waals surface area contributed by atoms with E-state index < -0.39 is 0 Å². The Balaban J connectivity index is 1.94. The molecule has 1 aliphatic carbocycles. The van der Waals surface area contributed by atoms with Crippen molar-refractivity contribution in [3.63, 3.8) is 0 Å². The van der Waals surface area contributed by atoms with Crippen molar-refractivity contribution in [2.45, 2.75) is 58.3 Å². The van der Waals surface area contributed by atoms with Gasteiger partial charge in [-0.05, 0) is 94.1 Å². The maximum absolute atomic E-state index is 3.70. The first-order valence-electron chi connectivity index (χ1n) is 7.80. The summed E-state index contributed by atoms with van der Waals surface area (Å²) in [7, 11) is 0. The Hall–Kier alpha value is 0.620. The summed E-state index contributed by atoms with van der Waals surface area (Å²) < 4.78 is 2.55. The Morgan fingerprint density at radius 1 is 1.20 bits per heavy atom. The van der Waals surface area contributed by atoms with Crippen LogP contribution in [0.25, 0.3) is 0 Å². The van der Waals surface area contributed by atoms with Crippen molar-refractivity contribution < 1.29 is 0 Å². The number of rotatable bonds is 7.